The summed E-state index contributed by atoms with van der Waals surface area (Å²) in [6.45, 7) is 0. The Balaban J connectivity index is 1.77. The first-order chi connectivity index (χ1) is 11.6. The van der Waals surface area contributed by atoms with Gasteiger partial charge in [0.15, 0.2) is 5.76 Å². The number of carbonyl (C=O) groups is 1. The molecular formula is C17H20N2O5. The predicted octanol–water partition coefficient (Wildman–Crippen LogP) is 1.93. The molecule has 0 aromatic carbocycles. The summed E-state index contributed by atoms with van der Waals surface area (Å²) >= 11 is 0. The third-order valence-corrected chi connectivity index (χ3v) is 4.24. The molecule has 0 radical (unpaired) electrons. The fourth-order valence-electron chi connectivity index (χ4n) is 2.84. The second-order valence-electron chi connectivity index (χ2n) is 5.79. The maximum absolute atomic E-state index is 12.4. The van der Waals surface area contributed by atoms with E-state index in [0.29, 0.717) is 18.7 Å². The van der Waals surface area contributed by atoms with Crippen LogP contribution in [0, 0.1) is 5.92 Å². The lowest BCUT2D eigenvalue weighted by molar-refractivity contribution is 0.0231. The highest BCUT2D eigenvalue weighted by atomic mass is 16.6. The van der Waals surface area contributed by atoms with Crippen LogP contribution in [0.1, 0.15) is 35.0 Å². The number of ether oxygens (including phenoxy) is 2. The first kappa shape index (κ1) is 16.3. The summed E-state index contributed by atoms with van der Waals surface area (Å²) in [5.41, 5.74) is 0.861. The minimum absolute atomic E-state index is 0.149. The van der Waals surface area contributed by atoms with E-state index in [9.17, 15) is 9.90 Å². The summed E-state index contributed by atoms with van der Waals surface area (Å²) in [4.78, 5) is 16.6. The molecule has 1 atom stereocenters. The maximum atomic E-state index is 12.4. The molecule has 0 aliphatic heterocycles. The minimum Gasteiger partial charge on any atom is -0.481 e. The fourth-order valence-corrected chi connectivity index (χ4v) is 2.84. The van der Waals surface area contributed by atoms with E-state index in [-0.39, 0.29) is 35.7 Å². The van der Waals surface area contributed by atoms with Crippen LogP contribution in [0.15, 0.2) is 34.9 Å². The van der Waals surface area contributed by atoms with Gasteiger partial charge < -0.3 is 24.3 Å². The van der Waals surface area contributed by atoms with Crippen molar-refractivity contribution in [3.05, 3.63) is 41.8 Å². The molecule has 7 heteroatoms. The molecule has 2 N–H and O–H groups in total. The highest BCUT2D eigenvalue weighted by Gasteiger charge is 2.36. The predicted molar refractivity (Wildman–Crippen MR) is 85.0 cm³/mol. The van der Waals surface area contributed by atoms with Crippen LogP contribution in [0.3, 0.4) is 0 Å². The molecule has 128 valence electrons. The largest absolute Gasteiger partial charge is 0.481 e. The first-order valence-corrected chi connectivity index (χ1v) is 7.73. The molecule has 0 unspecified atom stereocenters. The number of hydrogen-bond donors (Lipinski definition) is 2. The number of methoxy groups -OCH3 is 2. The number of hydrogen-bond acceptors (Lipinski definition) is 6. The lowest BCUT2D eigenvalue weighted by atomic mass is 9.75. The van der Waals surface area contributed by atoms with E-state index in [1.807, 2.05) is 6.07 Å². The van der Waals surface area contributed by atoms with Gasteiger partial charge in [0.05, 0.1) is 26.4 Å². The second-order valence-corrected chi connectivity index (χ2v) is 5.79. The van der Waals surface area contributed by atoms with Crippen molar-refractivity contribution >= 4 is 5.91 Å². The lowest BCUT2D eigenvalue weighted by Crippen LogP contribution is -2.41. The van der Waals surface area contributed by atoms with Gasteiger partial charge in [-0.3, -0.25) is 4.79 Å². The summed E-state index contributed by atoms with van der Waals surface area (Å²) in [5.74, 6) is 0.782. The van der Waals surface area contributed by atoms with Crippen molar-refractivity contribution in [1.29, 1.82) is 0 Å². The summed E-state index contributed by atoms with van der Waals surface area (Å²) in [5, 5.41) is 12.6. The molecule has 1 fully saturated rings. The first-order valence-electron chi connectivity index (χ1n) is 7.73. The Kier molecular flexibility index (Phi) is 4.71. The molecule has 2 heterocycles. The summed E-state index contributed by atoms with van der Waals surface area (Å²) in [7, 11) is 3.02. The van der Waals surface area contributed by atoms with Gasteiger partial charge in [-0.2, -0.15) is 0 Å². The highest BCUT2D eigenvalue weighted by molar-refractivity contribution is 5.91. The van der Waals surface area contributed by atoms with Crippen molar-refractivity contribution in [2.75, 3.05) is 14.2 Å². The Morgan fingerprint density at radius 1 is 1.29 bits per heavy atom. The molecule has 1 aliphatic carbocycles. The van der Waals surface area contributed by atoms with Gasteiger partial charge in [0.2, 0.25) is 5.88 Å². The van der Waals surface area contributed by atoms with Gasteiger partial charge in [-0.25, -0.2) is 4.98 Å². The van der Waals surface area contributed by atoms with Crippen molar-refractivity contribution in [1.82, 2.24) is 10.3 Å². The van der Waals surface area contributed by atoms with E-state index in [4.69, 9.17) is 13.9 Å². The smallest absolute Gasteiger partial charge is 0.287 e. The van der Waals surface area contributed by atoms with Crippen LogP contribution in [0.4, 0.5) is 0 Å². The Morgan fingerprint density at radius 2 is 2.08 bits per heavy atom. The highest BCUT2D eigenvalue weighted by Crippen LogP contribution is 2.38. The number of nitrogens with zero attached hydrogens (tertiary/aromatic N) is 1. The normalized spacial score (nSPS) is 20.8. The van der Waals surface area contributed by atoms with Crippen LogP contribution < -0.4 is 14.8 Å². The van der Waals surface area contributed by atoms with Gasteiger partial charge in [0, 0.05) is 18.3 Å². The van der Waals surface area contributed by atoms with Crippen molar-refractivity contribution in [3.8, 4) is 11.8 Å². The molecule has 7 nitrogen and oxygen atoms in total. The standard InChI is InChI=1S/C17H20N2O5/c1-22-14-5-3-10(9-18-14)16(11-7-12(20)8-11)19-17(21)13-4-6-15(23-2)24-13/h3-6,9,11-12,16,20H,7-8H2,1-2H3,(H,19,21)/t11?,12?,16-/m1/s1. The molecule has 0 bridgehead atoms. The Labute approximate surface area is 139 Å². The molecule has 0 saturated heterocycles. The van der Waals surface area contributed by atoms with E-state index in [1.165, 1.54) is 7.11 Å². The molecule has 1 amide bonds. The third kappa shape index (κ3) is 3.35. The number of furan rings is 1. The van der Waals surface area contributed by atoms with Gasteiger partial charge in [-0.1, -0.05) is 6.07 Å². The van der Waals surface area contributed by atoms with Crippen molar-refractivity contribution in [3.63, 3.8) is 0 Å². The number of rotatable bonds is 6. The van der Waals surface area contributed by atoms with Crippen LogP contribution in [-0.4, -0.2) is 36.3 Å². The van der Waals surface area contributed by atoms with E-state index in [2.05, 4.69) is 10.3 Å². The molecule has 1 aliphatic rings. The monoisotopic (exact) mass is 332 g/mol. The van der Waals surface area contributed by atoms with Crippen molar-refractivity contribution in [2.45, 2.75) is 25.0 Å². The molecule has 2 aromatic rings. The van der Waals surface area contributed by atoms with Crippen LogP contribution in [0.2, 0.25) is 0 Å². The van der Waals surface area contributed by atoms with E-state index < -0.39 is 0 Å². The molecule has 0 spiro atoms. The quantitative estimate of drug-likeness (QED) is 0.839. The van der Waals surface area contributed by atoms with Crippen LogP contribution in [-0.2, 0) is 0 Å². The van der Waals surface area contributed by atoms with Gasteiger partial charge in [-0.15, -0.1) is 0 Å². The maximum Gasteiger partial charge on any atom is 0.287 e. The van der Waals surface area contributed by atoms with Gasteiger partial charge in [0.25, 0.3) is 11.9 Å². The Hall–Kier alpha value is -2.54. The van der Waals surface area contributed by atoms with Gasteiger partial charge in [-0.05, 0) is 30.4 Å². The van der Waals surface area contributed by atoms with Crippen molar-refractivity contribution in [2.24, 2.45) is 5.92 Å². The zero-order chi connectivity index (χ0) is 17.1. The summed E-state index contributed by atoms with van der Waals surface area (Å²) < 4.78 is 15.3. The Morgan fingerprint density at radius 3 is 2.62 bits per heavy atom. The average Bonchev–Trinajstić information content (AvgIpc) is 3.06. The molecule has 3 rings (SSSR count). The number of pyridine rings is 1. The lowest BCUT2D eigenvalue weighted by Gasteiger charge is -2.38. The third-order valence-electron chi connectivity index (χ3n) is 4.24. The summed E-state index contributed by atoms with van der Waals surface area (Å²) in [6, 6.07) is 6.51. The fraction of sp³-hybridized carbons (Fsp3) is 0.412. The average molecular weight is 332 g/mol. The van der Waals surface area contributed by atoms with Crippen LogP contribution >= 0.6 is 0 Å². The summed E-state index contributed by atoms with van der Waals surface area (Å²) in [6.07, 6.45) is 2.64. The minimum atomic E-state index is -0.333. The van der Waals surface area contributed by atoms with Crippen LogP contribution in [0.25, 0.3) is 0 Å². The molecular weight excluding hydrogens is 312 g/mol. The molecule has 1 saturated carbocycles. The number of nitrogens with one attached hydrogen (secondary N) is 1. The number of carbonyl (C=O) groups excluding carboxylic acids is 1. The zero-order valence-electron chi connectivity index (χ0n) is 13.6. The van der Waals surface area contributed by atoms with Gasteiger partial charge in [0.1, 0.15) is 0 Å². The zero-order valence-corrected chi connectivity index (χ0v) is 13.6. The SMILES string of the molecule is COc1ccc([C@@H](NC(=O)c2ccc(OC)o2)C2CC(O)C2)cn1. The van der Waals surface area contributed by atoms with E-state index in [0.717, 1.165) is 5.56 Å². The number of amides is 1. The van der Waals surface area contributed by atoms with E-state index in [1.54, 1.807) is 31.5 Å². The number of aromatic nitrogens is 1. The van der Waals surface area contributed by atoms with E-state index >= 15 is 0 Å². The molecule has 2 aromatic heterocycles. The van der Waals surface area contributed by atoms with Gasteiger partial charge >= 0.3 is 0 Å². The molecule has 24 heavy (non-hydrogen) atoms. The topological polar surface area (TPSA) is 93.8 Å². The second kappa shape index (κ2) is 6.92. The van der Waals surface area contributed by atoms with Crippen LogP contribution in [0.5, 0.6) is 11.8 Å². The Bertz CT molecular complexity index is 691. The van der Waals surface area contributed by atoms with Crippen molar-refractivity contribution < 1.29 is 23.8 Å². The number of aliphatic hydroxyl groups is 1. The number of aliphatic hydroxyl groups excluding tert-OH is 1.